The monoisotopic (exact) mass is 261 g/mol. The molecular formula is C12H17F2NOS. The van der Waals surface area contributed by atoms with Crippen molar-refractivity contribution in [3.63, 3.8) is 0 Å². The van der Waals surface area contributed by atoms with E-state index < -0.39 is 17.2 Å². The number of aliphatic hydroxyl groups is 1. The van der Waals surface area contributed by atoms with Crippen molar-refractivity contribution in [2.75, 3.05) is 18.6 Å². The van der Waals surface area contributed by atoms with E-state index in [0.29, 0.717) is 24.4 Å². The Bertz CT molecular complexity index is 372. The molecule has 17 heavy (non-hydrogen) atoms. The van der Waals surface area contributed by atoms with E-state index in [-0.39, 0.29) is 0 Å². The first-order chi connectivity index (χ1) is 7.94. The minimum Gasteiger partial charge on any atom is -0.388 e. The molecule has 2 N–H and O–H groups in total. The van der Waals surface area contributed by atoms with Crippen LogP contribution in [0.3, 0.4) is 0 Å². The van der Waals surface area contributed by atoms with Gasteiger partial charge >= 0.3 is 0 Å². The highest BCUT2D eigenvalue weighted by molar-refractivity contribution is 7.98. The van der Waals surface area contributed by atoms with Crippen LogP contribution in [0.25, 0.3) is 0 Å². The van der Waals surface area contributed by atoms with Gasteiger partial charge in [0.15, 0.2) is 11.6 Å². The maximum Gasteiger partial charge on any atom is 0.159 e. The lowest BCUT2D eigenvalue weighted by Gasteiger charge is -2.22. The van der Waals surface area contributed by atoms with E-state index >= 15 is 0 Å². The minimum atomic E-state index is -0.847. The second kappa shape index (κ2) is 6.33. The number of hydrogen-bond acceptors (Lipinski definition) is 3. The average Bonchev–Trinajstić information content (AvgIpc) is 2.23. The molecular weight excluding hydrogens is 244 g/mol. The molecule has 0 aliphatic carbocycles. The molecule has 2 nitrogen and oxygen atoms in total. The second-order valence-corrected chi connectivity index (χ2v) is 5.15. The van der Waals surface area contributed by atoms with E-state index in [0.717, 1.165) is 12.1 Å². The van der Waals surface area contributed by atoms with Crippen LogP contribution in [0.15, 0.2) is 18.2 Å². The summed E-state index contributed by atoms with van der Waals surface area (Å²) < 4.78 is 25.6. The van der Waals surface area contributed by atoms with Gasteiger partial charge in [-0.05, 0) is 30.9 Å². The van der Waals surface area contributed by atoms with Crippen LogP contribution in [0.2, 0.25) is 0 Å². The van der Waals surface area contributed by atoms with Crippen molar-refractivity contribution in [2.24, 2.45) is 0 Å². The normalized spacial score (nSPS) is 14.6. The molecule has 1 rings (SSSR count). The topological polar surface area (TPSA) is 32.3 Å². The second-order valence-electron chi connectivity index (χ2n) is 4.28. The van der Waals surface area contributed by atoms with Gasteiger partial charge in [-0.3, -0.25) is 0 Å². The lowest BCUT2D eigenvalue weighted by atomic mass is 10.1. The minimum absolute atomic E-state index is 0.404. The molecule has 1 atom stereocenters. The zero-order valence-electron chi connectivity index (χ0n) is 9.96. The van der Waals surface area contributed by atoms with Crippen LogP contribution < -0.4 is 5.32 Å². The number of halogens is 2. The number of nitrogens with one attached hydrogen (secondary N) is 1. The molecule has 0 saturated heterocycles. The lowest BCUT2D eigenvalue weighted by molar-refractivity contribution is 0.0846. The zero-order chi connectivity index (χ0) is 12.9. The van der Waals surface area contributed by atoms with Crippen molar-refractivity contribution in [3.8, 4) is 0 Å². The fourth-order valence-corrected chi connectivity index (χ4v) is 2.21. The fourth-order valence-electron chi connectivity index (χ4n) is 1.49. The van der Waals surface area contributed by atoms with Crippen LogP contribution in [0.1, 0.15) is 12.5 Å². The molecule has 0 bridgehead atoms. The lowest BCUT2D eigenvalue weighted by Crippen LogP contribution is -2.39. The van der Waals surface area contributed by atoms with E-state index in [1.54, 1.807) is 18.7 Å². The van der Waals surface area contributed by atoms with Crippen LogP contribution in [-0.2, 0) is 6.54 Å². The molecule has 1 aromatic carbocycles. The van der Waals surface area contributed by atoms with E-state index in [2.05, 4.69) is 5.32 Å². The Balaban J connectivity index is 2.43. The summed E-state index contributed by atoms with van der Waals surface area (Å²) in [7, 11) is 0. The zero-order valence-corrected chi connectivity index (χ0v) is 10.8. The molecule has 0 saturated carbocycles. The summed E-state index contributed by atoms with van der Waals surface area (Å²) in [5, 5.41) is 12.9. The van der Waals surface area contributed by atoms with Crippen LogP contribution in [0, 0.1) is 11.6 Å². The predicted molar refractivity (Wildman–Crippen MR) is 67.1 cm³/mol. The molecule has 0 heterocycles. The summed E-state index contributed by atoms with van der Waals surface area (Å²) in [5.74, 6) is -1.07. The molecule has 0 fully saturated rings. The third kappa shape index (κ3) is 5.02. The van der Waals surface area contributed by atoms with Crippen molar-refractivity contribution < 1.29 is 13.9 Å². The van der Waals surface area contributed by atoms with Gasteiger partial charge in [-0.15, -0.1) is 0 Å². The third-order valence-electron chi connectivity index (χ3n) is 2.27. The molecule has 1 unspecified atom stereocenters. The quantitative estimate of drug-likeness (QED) is 0.823. The van der Waals surface area contributed by atoms with E-state index in [4.69, 9.17) is 0 Å². The smallest absolute Gasteiger partial charge is 0.159 e. The van der Waals surface area contributed by atoms with Crippen molar-refractivity contribution in [1.82, 2.24) is 5.32 Å². The molecule has 0 aliphatic rings. The predicted octanol–water partition coefficient (Wildman–Crippen LogP) is 2.17. The van der Waals surface area contributed by atoms with Gasteiger partial charge in [0.2, 0.25) is 0 Å². The summed E-state index contributed by atoms with van der Waals surface area (Å²) in [5.41, 5.74) is -0.137. The van der Waals surface area contributed by atoms with E-state index in [1.165, 1.54) is 6.07 Å². The number of rotatable bonds is 6. The summed E-state index contributed by atoms with van der Waals surface area (Å²) >= 11 is 1.56. The Morgan fingerprint density at radius 1 is 1.35 bits per heavy atom. The Labute approximate surface area is 104 Å². The van der Waals surface area contributed by atoms with Crippen molar-refractivity contribution in [3.05, 3.63) is 35.4 Å². The largest absolute Gasteiger partial charge is 0.388 e. The van der Waals surface area contributed by atoms with Crippen LogP contribution in [-0.4, -0.2) is 29.3 Å². The summed E-state index contributed by atoms with van der Waals surface area (Å²) in [6.07, 6.45) is 1.92. The Morgan fingerprint density at radius 3 is 2.65 bits per heavy atom. The van der Waals surface area contributed by atoms with Gasteiger partial charge in [0.05, 0.1) is 5.60 Å². The SMILES string of the molecule is CSCC(C)(O)CNCc1ccc(F)c(F)c1. The first-order valence-electron chi connectivity index (χ1n) is 5.30. The summed E-state index contributed by atoms with van der Waals surface area (Å²) in [6, 6.07) is 3.78. The molecule has 0 spiro atoms. The van der Waals surface area contributed by atoms with Crippen LogP contribution >= 0.6 is 11.8 Å². The first-order valence-corrected chi connectivity index (χ1v) is 6.70. The Hall–Kier alpha value is -0.650. The van der Waals surface area contributed by atoms with Gasteiger partial charge < -0.3 is 10.4 Å². The number of benzene rings is 1. The van der Waals surface area contributed by atoms with Crippen molar-refractivity contribution in [1.29, 1.82) is 0 Å². The average molecular weight is 261 g/mol. The standard InChI is InChI=1S/C12H17F2NOS/c1-12(16,8-17-2)7-15-6-9-3-4-10(13)11(14)5-9/h3-5,15-16H,6-8H2,1-2H3. The first kappa shape index (κ1) is 14.4. The Kier molecular flexibility index (Phi) is 5.36. The number of hydrogen-bond donors (Lipinski definition) is 2. The van der Waals surface area contributed by atoms with Gasteiger partial charge in [-0.25, -0.2) is 8.78 Å². The van der Waals surface area contributed by atoms with Crippen molar-refractivity contribution >= 4 is 11.8 Å². The summed E-state index contributed by atoms with van der Waals surface area (Å²) in [4.78, 5) is 0. The maximum atomic E-state index is 12.9. The van der Waals surface area contributed by atoms with Crippen molar-refractivity contribution in [2.45, 2.75) is 19.1 Å². The third-order valence-corrected chi connectivity index (χ3v) is 3.18. The number of thioether (sulfide) groups is 1. The molecule has 0 aromatic heterocycles. The van der Waals surface area contributed by atoms with Gasteiger partial charge in [-0.2, -0.15) is 11.8 Å². The molecule has 0 amide bonds. The van der Waals surface area contributed by atoms with E-state index in [1.807, 2.05) is 6.26 Å². The van der Waals surface area contributed by atoms with Gasteiger partial charge in [0, 0.05) is 18.8 Å². The highest BCUT2D eigenvalue weighted by Gasteiger charge is 2.18. The Morgan fingerprint density at radius 2 is 2.06 bits per heavy atom. The molecule has 96 valence electrons. The van der Waals surface area contributed by atoms with Crippen LogP contribution in [0.5, 0.6) is 0 Å². The van der Waals surface area contributed by atoms with Gasteiger partial charge in [0.1, 0.15) is 0 Å². The van der Waals surface area contributed by atoms with Gasteiger partial charge in [0.25, 0.3) is 0 Å². The molecule has 1 aromatic rings. The maximum absolute atomic E-state index is 12.9. The fraction of sp³-hybridized carbons (Fsp3) is 0.500. The summed E-state index contributed by atoms with van der Waals surface area (Å²) in [6.45, 7) is 2.55. The van der Waals surface area contributed by atoms with Gasteiger partial charge in [-0.1, -0.05) is 6.07 Å². The molecule has 5 heteroatoms. The highest BCUT2D eigenvalue weighted by Crippen LogP contribution is 2.11. The molecule has 0 radical (unpaired) electrons. The molecule has 0 aliphatic heterocycles. The van der Waals surface area contributed by atoms with Crippen LogP contribution in [0.4, 0.5) is 8.78 Å². The van der Waals surface area contributed by atoms with E-state index in [9.17, 15) is 13.9 Å². The highest BCUT2D eigenvalue weighted by atomic mass is 32.2.